The van der Waals surface area contributed by atoms with E-state index in [4.69, 9.17) is 21.1 Å². The number of nitrogens with zero attached hydrogens (tertiary/aromatic N) is 1. The van der Waals surface area contributed by atoms with E-state index < -0.39 is 53.3 Å². The van der Waals surface area contributed by atoms with Crippen LogP contribution in [0, 0.1) is 11.6 Å². The lowest BCUT2D eigenvalue weighted by Crippen LogP contribution is -2.34. The van der Waals surface area contributed by atoms with E-state index in [-0.39, 0.29) is 35.7 Å². The normalized spacial score (nSPS) is 12.0. The maximum Gasteiger partial charge on any atom is 0.458 e. The summed E-state index contributed by atoms with van der Waals surface area (Å²) in [4.78, 5) is 11.5. The third-order valence-corrected chi connectivity index (χ3v) is 5.38. The number of hydrogen-bond donors (Lipinski definition) is 0. The van der Waals surface area contributed by atoms with Gasteiger partial charge in [-0.25, -0.2) is 8.78 Å². The molecule has 0 aliphatic carbocycles. The molecular formula is C24H19ClF7NO3. The molecule has 0 bridgehead atoms. The van der Waals surface area contributed by atoms with E-state index in [1.54, 1.807) is 6.92 Å². The Morgan fingerprint density at radius 2 is 1.61 bits per heavy atom. The van der Waals surface area contributed by atoms with Crippen LogP contribution in [0.5, 0.6) is 5.75 Å². The number of hydrogen-bond acceptors (Lipinski definition) is 3. The molecule has 0 amide bonds. The van der Waals surface area contributed by atoms with Crippen molar-refractivity contribution >= 4 is 17.6 Å². The minimum Gasteiger partial charge on any atom is -0.481 e. The van der Waals surface area contributed by atoms with Crippen molar-refractivity contribution in [2.45, 2.75) is 38.5 Å². The lowest BCUT2D eigenvalue weighted by Gasteiger charge is -2.21. The highest BCUT2D eigenvalue weighted by molar-refractivity contribution is 6.30. The van der Waals surface area contributed by atoms with Crippen molar-refractivity contribution in [1.29, 1.82) is 0 Å². The summed E-state index contributed by atoms with van der Waals surface area (Å²) in [6, 6.07) is 7.81. The molecule has 0 N–H and O–H groups in total. The van der Waals surface area contributed by atoms with E-state index in [0.29, 0.717) is 6.07 Å². The van der Waals surface area contributed by atoms with Crippen molar-refractivity contribution in [2.24, 2.45) is 0 Å². The van der Waals surface area contributed by atoms with Gasteiger partial charge < -0.3 is 14.0 Å². The fourth-order valence-electron chi connectivity index (χ4n) is 3.41. The summed E-state index contributed by atoms with van der Waals surface area (Å²) in [5.74, 6) is -9.25. The minimum absolute atomic E-state index is 0.0473. The van der Waals surface area contributed by atoms with Gasteiger partial charge in [-0.05, 0) is 61.4 Å². The number of benzene rings is 2. The fourth-order valence-corrected chi connectivity index (χ4v) is 3.54. The van der Waals surface area contributed by atoms with Gasteiger partial charge in [0.05, 0.1) is 17.9 Å². The average molecular weight is 538 g/mol. The molecule has 0 saturated carbocycles. The second-order valence-electron chi connectivity index (χ2n) is 7.58. The van der Waals surface area contributed by atoms with Gasteiger partial charge in [-0.15, -0.1) is 0 Å². The van der Waals surface area contributed by atoms with E-state index in [1.165, 1.54) is 24.3 Å². The molecule has 0 radical (unpaired) electrons. The van der Waals surface area contributed by atoms with Gasteiger partial charge in [-0.1, -0.05) is 11.6 Å². The fraction of sp³-hybridized carbons (Fsp3) is 0.292. The van der Waals surface area contributed by atoms with Gasteiger partial charge in [-0.3, -0.25) is 4.79 Å². The summed E-state index contributed by atoms with van der Waals surface area (Å²) in [5, 5.41) is 0.289. The molecule has 0 aliphatic heterocycles. The summed E-state index contributed by atoms with van der Waals surface area (Å²) in [7, 11) is 0. The van der Waals surface area contributed by atoms with Gasteiger partial charge in [0.1, 0.15) is 6.61 Å². The summed E-state index contributed by atoms with van der Waals surface area (Å²) in [6.45, 7) is 0.719. The average Bonchev–Trinajstić information content (AvgIpc) is 3.21. The van der Waals surface area contributed by atoms with Crippen LogP contribution >= 0.6 is 11.6 Å². The van der Waals surface area contributed by atoms with Crippen LogP contribution in [0.3, 0.4) is 0 Å². The van der Waals surface area contributed by atoms with Gasteiger partial charge in [0.15, 0.2) is 17.4 Å². The van der Waals surface area contributed by atoms with E-state index in [9.17, 15) is 35.5 Å². The van der Waals surface area contributed by atoms with Crippen molar-refractivity contribution in [3.8, 4) is 11.4 Å². The quantitative estimate of drug-likeness (QED) is 0.215. The van der Waals surface area contributed by atoms with Crippen LogP contribution in [0.25, 0.3) is 5.69 Å². The first-order valence-corrected chi connectivity index (χ1v) is 10.9. The minimum atomic E-state index is -5.93. The molecule has 0 spiro atoms. The predicted octanol–water partition coefficient (Wildman–Crippen LogP) is 7.14. The number of rotatable bonds is 9. The molecule has 0 atom stereocenters. The first kappa shape index (κ1) is 27.4. The molecule has 0 fully saturated rings. The molecule has 12 heteroatoms. The summed E-state index contributed by atoms with van der Waals surface area (Å²) in [5.41, 5.74) is -1.85. The van der Waals surface area contributed by atoms with Crippen LogP contribution in [0.4, 0.5) is 30.7 Å². The number of carbonyl (C=O) groups is 1. The van der Waals surface area contributed by atoms with Crippen LogP contribution in [0.15, 0.2) is 48.7 Å². The number of alkyl halides is 5. The number of aryl methyl sites for hydroxylation is 1. The van der Waals surface area contributed by atoms with Crippen LogP contribution in [-0.4, -0.2) is 23.3 Å². The Hall–Kier alpha value is -3.21. The van der Waals surface area contributed by atoms with Crippen LogP contribution in [-0.2, 0) is 28.5 Å². The summed E-state index contributed by atoms with van der Waals surface area (Å²) >= 11 is 5.81. The molecule has 3 rings (SSSR count). The molecular weight excluding hydrogens is 519 g/mol. The van der Waals surface area contributed by atoms with Gasteiger partial charge in [0.2, 0.25) is 0 Å². The first-order chi connectivity index (χ1) is 16.8. The lowest BCUT2D eigenvalue weighted by atomic mass is 10.1. The Kier molecular flexibility index (Phi) is 8.22. The maximum absolute atomic E-state index is 14.6. The third kappa shape index (κ3) is 5.95. The van der Waals surface area contributed by atoms with E-state index in [1.807, 2.05) is 0 Å². The number of aromatic nitrogens is 1. The van der Waals surface area contributed by atoms with Gasteiger partial charge >= 0.3 is 18.1 Å². The first-order valence-electron chi connectivity index (χ1n) is 10.5. The van der Waals surface area contributed by atoms with Crippen molar-refractivity contribution in [2.75, 3.05) is 6.61 Å². The summed E-state index contributed by atoms with van der Waals surface area (Å²) < 4.78 is 108. The molecule has 2 aromatic carbocycles. The van der Waals surface area contributed by atoms with E-state index in [0.717, 1.165) is 22.9 Å². The molecule has 4 nitrogen and oxygen atoms in total. The standard InChI is InChI=1S/C24H19ClF7NO3/c1-2-35-21(34)8-3-14-11-18(26)22(19(27)12-14)36-13-20-17(23(28,29)24(30,31)32)9-10-33(20)16-6-4-15(25)5-7-16/h4-7,9-12H,2-3,8,13H2,1H3. The number of halogens is 8. The van der Waals surface area contributed by atoms with E-state index >= 15 is 0 Å². The smallest absolute Gasteiger partial charge is 0.458 e. The molecule has 0 saturated heterocycles. The monoisotopic (exact) mass is 537 g/mol. The SMILES string of the molecule is CCOC(=O)CCc1cc(F)c(OCc2c(C(F)(F)C(F)(F)F)ccn2-c2ccc(Cl)cc2)c(F)c1. The van der Waals surface area contributed by atoms with Crippen molar-refractivity contribution in [3.05, 3.63) is 82.1 Å². The predicted molar refractivity (Wildman–Crippen MR) is 116 cm³/mol. The molecule has 36 heavy (non-hydrogen) atoms. The van der Waals surface area contributed by atoms with Crippen LogP contribution in [0.2, 0.25) is 5.02 Å². The highest BCUT2D eigenvalue weighted by atomic mass is 35.5. The van der Waals surface area contributed by atoms with Gasteiger partial charge in [0.25, 0.3) is 0 Å². The Balaban J connectivity index is 1.93. The third-order valence-electron chi connectivity index (χ3n) is 5.13. The number of esters is 1. The Morgan fingerprint density at radius 1 is 1.00 bits per heavy atom. The zero-order chi connectivity index (χ0) is 26.7. The van der Waals surface area contributed by atoms with Crippen molar-refractivity contribution < 1.29 is 45.0 Å². The van der Waals surface area contributed by atoms with Crippen LogP contribution in [0.1, 0.15) is 30.2 Å². The topological polar surface area (TPSA) is 40.5 Å². The summed E-state index contributed by atoms with van der Waals surface area (Å²) in [6.07, 6.45) is -5.15. The Labute approximate surface area is 206 Å². The van der Waals surface area contributed by atoms with Crippen LogP contribution < -0.4 is 4.74 Å². The second kappa shape index (κ2) is 10.8. The number of ether oxygens (including phenoxy) is 2. The maximum atomic E-state index is 14.6. The zero-order valence-corrected chi connectivity index (χ0v) is 19.4. The van der Waals surface area contributed by atoms with Crippen molar-refractivity contribution in [1.82, 2.24) is 4.57 Å². The largest absolute Gasteiger partial charge is 0.481 e. The Bertz CT molecular complexity index is 1200. The molecule has 0 unspecified atom stereocenters. The lowest BCUT2D eigenvalue weighted by molar-refractivity contribution is -0.289. The van der Waals surface area contributed by atoms with Crippen molar-refractivity contribution in [3.63, 3.8) is 0 Å². The molecule has 0 aliphatic rings. The van der Waals surface area contributed by atoms with E-state index in [2.05, 4.69) is 0 Å². The Morgan fingerprint density at radius 3 is 2.17 bits per heavy atom. The van der Waals surface area contributed by atoms with Gasteiger partial charge in [0, 0.05) is 23.3 Å². The molecule has 1 heterocycles. The highest BCUT2D eigenvalue weighted by Crippen LogP contribution is 2.46. The second-order valence-corrected chi connectivity index (χ2v) is 8.01. The highest BCUT2D eigenvalue weighted by Gasteiger charge is 2.60. The zero-order valence-electron chi connectivity index (χ0n) is 18.6. The molecule has 194 valence electrons. The molecule has 1 aromatic heterocycles. The van der Waals surface area contributed by atoms with Gasteiger partial charge in [-0.2, -0.15) is 22.0 Å². The number of carbonyl (C=O) groups excluding carboxylic acids is 1. The molecule has 3 aromatic rings.